The lowest BCUT2D eigenvalue weighted by atomic mass is 10.0. The van der Waals surface area contributed by atoms with Gasteiger partial charge in [-0.15, -0.1) is 0 Å². The first-order valence-corrected chi connectivity index (χ1v) is 6.71. The van der Waals surface area contributed by atoms with Crippen LogP contribution in [0.5, 0.6) is 5.75 Å². The van der Waals surface area contributed by atoms with E-state index in [1.807, 2.05) is 0 Å². The second kappa shape index (κ2) is 5.40. The average Bonchev–Trinajstić information content (AvgIpc) is 2.75. The minimum absolute atomic E-state index is 0.0186. The van der Waals surface area contributed by atoms with Gasteiger partial charge in [0, 0.05) is 11.1 Å². The molecule has 0 spiro atoms. The third kappa shape index (κ3) is 2.22. The Balaban J connectivity index is 1.89. The number of carbonyl (C=O) groups is 1. The third-order valence-electron chi connectivity index (χ3n) is 3.63. The van der Waals surface area contributed by atoms with Gasteiger partial charge in [0.2, 0.25) is 0 Å². The SMILES string of the molecule is CON1C(=O)c2ccccc2C1(N)COc1ccc(F)cc1. The molecule has 1 atom stereocenters. The summed E-state index contributed by atoms with van der Waals surface area (Å²) in [6.45, 7) is -0.0186. The molecule has 0 aliphatic carbocycles. The standard InChI is InChI=1S/C16H15FN2O3/c1-21-19-15(20)13-4-2-3-5-14(13)16(19,18)10-22-12-8-6-11(17)7-9-12/h2-9H,10,18H2,1H3. The first-order chi connectivity index (χ1) is 10.6. The Morgan fingerprint density at radius 3 is 2.55 bits per heavy atom. The van der Waals surface area contributed by atoms with Crippen molar-refractivity contribution in [3.8, 4) is 5.75 Å². The minimum Gasteiger partial charge on any atom is -0.489 e. The predicted octanol–water partition coefficient (Wildman–Crippen LogP) is 2.03. The highest BCUT2D eigenvalue weighted by Gasteiger charge is 2.48. The number of hydrogen-bond acceptors (Lipinski definition) is 4. The van der Waals surface area contributed by atoms with Crippen molar-refractivity contribution < 1.29 is 18.8 Å². The topological polar surface area (TPSA) is 64.8 Å². The number of halogens is 1. The van der Waals surface area contributed by atoms with Crippen molar-refractivity contribution in [2.24, 2.45) is 5.73 Å². The van der Waals surface area contributed by atoms with Crippen LogP contribution >= 0.6 is 0 Å². The lowest BCUT2D eigenvalue weighted by Crippen LogP contribution is -2.54. The summed E-state index contributed by atoms with van der Waals surface area (Å²) < 4.78 is 18.5. The zero-order valence-electron chi connectivity index (χ0n) is 12.0. The molecule has 0 saturated heterocycles. The van der Waals surface area contributed by atoms with E-state index in [0.29, 0.717) is 16.9 Å². The maximum absolute atomic E-state index is 12.9. The summed E-state index contributed by atoms with van der Waals surface area (Å²) in [7, 11) is 1.38. The van der Waals surface area contributed by atoms with Crippen molar-refractivity contribution in [2.45, 2.75) is 5.66 Å². The molecule has 2 N–H and O–H groups in total. The summed E-state index contributed by atoms with van der Waals surface area (Å²) in [6.07, 6.45) is 0. The van der Waals surface area contributed by atoms with Gasteiger partial charge in [0.25, 0.3) is 5.91 Å². The zero-order valence-corrected chi connectivity index (χ0v) is 12.0. The number of benzene rings is 2. The summed E-state index contributed by atoms with van der Waals surface area (Å²) in [5.41, 5.74) is 6.25. The van der Waals surface area contributed by atoms with Crippen LogP contribution < -0.4 is 10.5 Å². The summed E-state index contributed by atoms with van der Waals surface area (Å²) in [5, 5.41) is 1.10. The molecule has 1 heterocycles. The molecular weight excluding hydrogens is 287 g/mol. The van der Waals surface area contributed by atoms with Crippen molar-refractivity contribution in [1.29, 1.82) is 0 Å². The van der Waals surface area contributed by atoms with Crippen molar-refractivity contribution >= 4 is 5.91 Å². The lowest BCUT2D eigenvalue weighted by Gasteiger charge is -2.32. The molecule has 0 aromatic heterocycles. The van der Waals surface area contributed by atoms with E-state index in [1.54, 1.807) is 24.3 Å². The van der Waals surface area contributed by atoms with Crippen LogP contribution in [0.2, 0.25) is 0 Å². The second-order valence-electron chi connectivity index (χ2n) is 4.99. The van der Waals surface area contributed by atoms with Crippen LogP contribution in [0.1, 0.15) is 15.9 Å². The number of hydroxylamine groups is 2. The van der Waals surface area contributed by atoms with Gasteiger partial charge >= 0.3 is 0 Å². The number of amides is 1. The summed E-state index contributed by atoms with van der Waals surface area (Å²) >= 11 is 0. The van der Waals surface area contributed by atoms with Crippen molar-refractivity contribution in [3.63, 3.8) is 0 Å². The number of hydrogen-bond donors (Lipinski definition) is 1. The number of rotatable bonds is 4. The first-order valence-electron chi connectivity index (χ1n) is 6.71. The highest BCUT2D eigenvalue weighted by molar-refractivity contribution is 5.99. The van der Waals surface area contributed by atoms with Gasteiger partial charge < -0.3 is 4.74 Å². The second-order valence-corrected chi connectivity index (χ2v) is 4.99. The van der Waals surface area contributed by atoms with Crippen LogP contribution in [-0.4, -0.2) is 24.7 Å². The Hall–Kier alpha value is -2.44. The van der Waals surface area contributed by atoms with Gasteiger partial charge in [0.15, 0.2) is 5.66 Å². The fraction of sp³-hybridized carbons (Fsp3) is 0.188. The molecule has 1 aliphatic heterocycles. The van der Waals surface area contributed by atoms with E-state index in [2.05, 4.69) is 0 Å². The molecule has 22 heavy (non-hydrogen) atoms. The normalized spacial score (nSPS) is 20.1. The molecule has 1 unspecified atom stereocenters. The quantitative estimate of drug-likeness (QED) is 0.938. The van der Waals surface area contributed by atoms with E-state index < -0.39 is 5.66 Å². The fourth-order valence-corrected chi connectivity index (χ4v) is 2.55. The van der Waals surface area contributed by atoms with Crippen molar-refractivity contribution in [2.75, 3.05) is 13.7 Å². The molecule has 2 aromatic rings. The van der Waals surface area contributed by atoms with Crippen molar-refractivity contribution in [1.82, 2.24) is 5.06 Å². The maximum atomic E-state index is 12.9. The van der Waals surface area contributed by atoms with E-state index in [-0.39, 0.29) is 18.3 Å². The molecule has 0 radical (unpaired) electrons. The van der Waals surface area contributed by atoms with E-state index >= 15 is 0 Å². The molecule has 3 rings (SSSR count). The molecule has 114 valence electrons. The molecule has 5 nitrogen and oxygen atoms in total. The highest BCUT2D eigenvalue weighted by atomic mass is 19.1. The minimum atomic E-state index is -1.24. The van der Waals surface area contributed by atoms with Gasteiger partial charge in [0.05, 0.1) is 7.11 Å². The Kier molecular flexibility index (Phi) is 3.56. The molecule has 0 bridgehead atoms. The van der Waals surface area contributed by atoms with E-state index in [0.717, 1.165) is 5.06 Å². The van der Waals surface area contributed by atoms with Gasteiger partial charge in [-0.25, -0.2) is 4.39 Å². The number of nitrogens with two attached hydrogens (primary N) is 1. The number of fused-ring (bicyclic) bond motifs is 1. The smallest absolute Gasteiger partial charge is 0.280 e. The summed E-state index contributed by atoms with van der Waals surface area (Å²) in [6, 6.07) is 12.6. The molecule has 2 aromatic carbocycles. The average molecular weight is 302 g/mol. The Morgan fingerprint density at radius 1 is 1.18 bits per heavy atom. The van der Waals surface area contributed by atoms with Crippen molar-refractivity contribution in [3.05, 3.63) is 65.5 Å². The molecule has 1 amide bonds. The van der Waals surface area contributed by atoms with Crippen LogP contribution in [0.4, 0.5) is 4.39 Å². The van der Waals surface area contributed by atoms with Crippen LogP contribution in [0.3, 0.4) is 0 Å². The van der Waals surface area contributed by atoms with E-state index in [4.69, 9.17) is 15.3 Å². The summed E-state index contributed by atoms with van der Waals surface area (Å²) in [4.78, 5) is 17.5. The number of nitrogens with zero attached hydrogens (tertiary/aromatic N) is 1. The maximum Gasteiger partial charge on any atom is 0.280 e. The Morgan fingerprint density at radius 2 is 1.86 bits per heavy atom. The van der Waals surface area contributed by atoms with E-state index in [9.17, 15) is 9.18 Å². The zero-order chi connectivity index (χ0) is 15.7. The van der Waals surface area contributed by atoms with Gasteiger partial charge in [-0.3, -0.25) is 15.4 Å². The first kappa shape index (κ1) is 14.5. The molecule has 0 saturated carbocycles. The van der Waals surface area contributed by atoms with Gasteiger partial charge in [-0.1, -0.05) is 18.2 Å². The summed E-state index contributed by atoms with van der Waals surface area (Å²) in [5.74, 6) is -0.211. The monoisotopic (exact) mass is 302 g/mol. The van der Waals surface area contributed by atoms with Crippen LogP contribution in [0.25, 0.3) is 0 Å². The number of carbonyl (C=O) groups excluding carboxylic acids is 1. The fourth-order valence-electron chi connectivity index (χ4n) is 2.55. The third-order valence-corrected chi connectivity index (χ3v) is 3.63. The largest absolute Gasteiger partial charge is 0.489 e. The van der Waals surface area contributed by atoms with Crippen LogP contribution in [-0.2, 0) is 10.5 Å². The van der Waals surface area contributed by atoms with Crippen LogP contribution in [0.15, 0.2) is 48.5 Å². The van der Waals surface area contributed by atoms with Gasteiger partial charge in [0.1, 0.15) is 18.2 Å². The number of ether oxygens (including phenoxy) is 1. The highest BCUT2D eigenvalue weighted by Crippen LogP contribution is 2.35. The molecule has 0 fully saturated rings. The Bertz CT molecular complexity index is 705. The molecule has 1 aliphatic rings. The van der Waals surface area contributed by atoms with E-state index in [1.165, 1.54) is 31.4 Å². The van der Waals surface area contributed by atoms with Crippen LogP contribution in [0, 0.1) is 5.82 Å². The van der Waals surface area contributed by atoms with Gasteiger partial charge in [-0.2, -0.15) is 5.06 Å². The van der Waals surface area contributed by atoms with Gasteiger partial charge in [-0.05, 0) is 30.3 Å². The Labute approximate surface area is 127 Å². The lowest BCUT2D eigenvalue weighted by molar-refractivity contribution is -0.167. The molecular formula is C16H15FN2O3. The molecule has 6 heteroatoms. The predicted molar refractivity (Wildman–Crippen MR) is 77.4 cm³/mol.